The molecule has 0 saturated carbocycles. The van der Waals surface area contributed by atoms with Gasteiger partial charge in [-0.2, -0.15) is 5.10 Å². The number of ether oxygens (including phenoxy) is 1. The Kier molecular flexibility index (Phi) is 4.98. The predicted molar refractivity (Wildman–Crippen MR) is 61.0 cm³/mol. The van der Waals surface area contributed by atoms with E-state index < -0.39 is 0 Å². The summed E-state index contributed by atoms with van der Waals surface area (Å²) in [6.07, 6.45) is 3.36. The Labute approximate surface area is 95.8 Å². The number of hydrogen-bond acceptors (Lipinski definition) is 4. The average Bonchev–Trinajstić information content (AvgIpc) is 2.69. The van der Waals surface area contributed by atoms with Gasteiger partial charge in [0.2, 0.25) is 0 Å². The van der Waals surface area contributed by atoms with Crippen LogP contribution in [-0.4, -0.2) is 35.4 Å². The summed E-state index contributed by atoms with van der Waals surface area (Å²) in [4.78, 5) is 11.3. The molecule has 1 heterocycles. The molecular weight excluding hydrogens is 206 g/mol. The molecule has 0 bridgehead atoms. The van der Waals surface area contributed by atoms with E-state index in [9.17, 15) is 4.79 Å². The molecule has 1 atom stereocenters. The minimum absolute atomic E-state index is 0.201. The Morgan fingerprint density at radius 2 is 2.44 bits per heavy atom. The number of methoxy groups -OCH3 is 1. The van der Waals surface area contributed by atoms with Gasteiger partial charge in [0.1, 0.15) is 6.04 Å². The molecule has 0 radical (unpaired) electrons. The average molecular weight is 225 g/mol. The Morgan fingerprint density at radius 3 is 2.94 bits per heavy atom. The zero-order chi connectivity index (χ0) is 12.0. The normalized spacial score (nSPS) is 12.4. The first-order valence-corrected chi connectivity index (χ1v) is 5.47. The molecule has 0 fully saturated rings. The van der Waals surface area contributed by atoms with Gasteiger partial charge in [-0.25, -0.2) is 0 Å². The second-order valence-corrected chi connectivity index (χ2v) is 3.63. The van der Waals surface area contributed by atoms with Gasteiger partial charge in [-0.05, 0) is 12.5 Å². The number of hydrogen-bond donors (Lipinski definition) is 1. The number of rotatable bonds is 6. The van der Waals surface area contributed by atoms with E-state index >= 15 is 0 Å². The van der Waals surface area contributed by atoms with Gasteiger partial charge >= 0.3 is 5.97 Å². The van der Waals surface area contributed by atoms with Crippen LogP contribution < -0.4 is 5.32 Å². The lowest BCUT2D eigenvalue weighted by Gasteiger charge is -2.14. The number of esters is 1. The number of carbonyl (C=O) groups is 1. The van der Waals surface area contributed by atoms with E-state index in [1.165, 1.54) is 7.11 Å². The Hall–Kier alpha value is -1.36. The number of nitrogens with zero attached hydrogens (tertiary/aromatic N) is 2. The van der Waals surface area contributed by atoms with Crippen LogP contribution in [-0.2, 0) is 23.0 Å². The van der Waals surface area contributed by atoms with Crippen molar-refractivity contribution in [3.8, 4) is 0 Å². The summed E-state index contributed by atoms with van der Waals surface area (Å²) in [6, 6.07) is 1.76. The second-order valence-electron chi connectivity index (χ2n) is 3.63. The maximum atomic E-state index is 11.3. The van der Waals surface area contributed by atoms with Crippen LogP contribution in [0, 0.1) is 0 Å². The molecule has 0 aliphatic rings. The van der Waals surface area contributed by atoms with E-state index in [1.54, 1.807) is 6.20 Å². The zero-order valence-corrected chi connectivity index (χ0v) is 10.1. The van der Waals surface area contributed by atoms with E-state index in [2.05, 4.69) is 10.4 Å². The van der Waals surface area contributed by atoms with Crippen molar-refractivity contribution in [2.24, 2.45) is 7.05 Å². The van der Waals surface area contributed by atoms with Gasteiger partial charge in [-0.3, -0.25) is 9.48 Å². The topological polar surface area (TPSA) is 56.2 Å². The summed E-state index contributed by atoms with van der Waals surface area (Å²) in [5, 5.41) is 7.25. The Morgan fingerprint density at radius 1 is 1.69 bits per heavy atom. The van der Waals surface area contributed by atoms with Crippen LogP contribution in [0.5, 0.6) is 0 Å². The summed E-state index contributed by atoms with van der Waals surface area (Å²) in [7, 11) is 3.32. The fourth-order valence-corrected chi connectivity index (χ4v) is 1.56. The molecule has 0 spiro atoms. The van der Waals surface area contributed by atoms with E-state index in [0.29, 0.717) is 0 Å². The fourth-order valence-electron chi connectivity index (χ4n) is 1.56. The number of aromatic nitrogens is 2. The van der Waals surface area contributed by atoms with Gasteiger partial charge in [0.25, 0.3) is 0 Å². The predicted octanol–water partition coefficient (Wildman–Crippen LogP) is 0.504. The summed E-state index contributed by atoms with van der Waals surface area (Å²) >= 11 is 0. The first-order valence-electron chi connectivity index (χ1n) is 5.47. The van der Waals surface area contributed by atoms with Crippen molar-refractivity contribution in [2.75, 3.05) is 13.7 Å². The van der Waals surface area contributed by atoms with Crippen LogP contribution in [0.2, 0.25) is 0 Å². The lowest BCUT2D eigenvalue weighted by atomic mass is 10.2. The maximum Gasteiger partial charge on any atom is 0.322 e. The highest BCUT2D eigenvalue weighted by molar-refractivity contribution is 5.75. The lowest BCUT2D eigenvalue weighted by molar-refractivity contribution is -0.143. The van der Waals surface area contributed by atoms with Crippen molar-refractivity contribution in [3.05, 3.63) is 18.0 Å². The monoisotopic (exact) mass is 225 g/mol. The molecule has 0 aliphatic heterocycles. The van der Waals surface area contributed by atoms with Gasteiger partial charge in [-0.15, -0.1) is 0 Å². The molecule has 0 aliphatic carbocycles. The minimum Gasteiger partial charge on any atom is -0.468 e. The van der Waals surface area contributed by atoms with E-state index in [4.69, 9.17) is 4.74 Å². The molecule has 16 heavy (non-hydrogen) atoms. The Bertz CT molecular complexity index is 336. The van der Waals surface area contributed by atoms with Gasteiger partial charge < -0.3 is 10.1 Å². The quantitative estimate of drug-likeness (QED) is 0.716. The summed E-state index contributed by atoms with van der Waals surface area (Å²) < 4.78 is 6.53. The van der Waals surface area contributed by atoms with Crippen LogP contribution >= 0.6 is 0 Å². The van der Waals surface area contributed by atoms with Crippen molar-refractivity contribution in [3.63, 3.8) is 0 Å². The molecule has 1 unspecified atom stereocenters. The molecule has 1 N–H and O–H groups in total. The van der Waals surface area contributed by atoms with Gasteiger partial charge in [0.05, 0.1) is 7.11 Å². The van der Waals surface area contributed by atoms with Crippen LogP contribution in [0.4, 0.5) is 0 Å². The van der Waals surface area contributed by atoms with E-state index in [1.807, 2.05) is 24.7 Å². The first kappa shape index (κ1) is 12.7. The summed E-state index contributed by atoms with van der Waals surface area (Å²) in [5.74, 6) is -0.201. The van der Waals surface area contributed by atoms with Gasteiger partial charge in [0.15, 0.2) is 0 Å². The molecular formula is C11H19N3O2. The molecule has 0 amide bonds. The molecule has 5 nitrogen and oxygen atoms in total. The van der Waals surface area contributed by atoms with Crippen LogP contribution in [0.15, 0.2) is 12.3 Å². The van der Waals surface area contributed by atoms with Crippen LogP contribution in [0.3, 0.4) is 0 Å². The van der Waals surface area contributed by atoms with Crippen molar-refractivity contribution >= 4 is 5.97 Å². The summed E-state index contributed by atoms with van der Waals surface area (Å²) in [5.41, 5.74) is 1.15. The van der Waals surface area contributed by atoms with Crippen molar-refractivity contribution < 1.29 is 9.53 Å². The van der Waals surface area contributed by atoms with Gasteiger partial charge in [0, 0.05) is 31.9 Å². The fraction of sp³-hybridized carbons (Fsp3) is 0.636. The third-order valence-corrected chi connectivity index (χ3v) is 2.59. The largest absolute Gasteiger partial charge is 0.468 e. The van der Waals surface area contributed by atoms with Crippen molar-refractivity contribution in [1.82, 2.24) is 15.1 Å². The van der Waals surface area contributed by atoms with Crippen molar-refractivity contribution in [1.29, 1.82) is 0 Å². The molecule has 1 rings (SSSR count). The molecule has 1 aromatic heterocycles. The highest BCUT2D eigenvalue weighted by Crippen LogP contribution is 1.98. The van der Waals surface area contributed by atoms with Crippen LogP contribution in [0.25, 0.3) is 0 Å². The SMILES string of the molecule is CCC(NCCc1ccnn1C)C(=O)OC. The first-order chi connectivity index (χ1) is 7.69. The minimum atomic E-state index is -0.210. The number of carbonyl (C=O) groups excluding carboxylic acids is 1. The molecule has 90 valence electrons. The molecule has 0 aromatic carbocycles. The molecule has 0 saturated heterocycles. The standard InChI is InChI=1S/C11H19N3O2/c1-4-10(11(15)16-3)12-7-5-9-6-8-13-14(9)2/h6,8,10,12H,4-5,7H2,1-3H3. The van der Waals surface area contributed by atoms with Gasteiger partial charge in [-0.1, -0.05) is 6.92 Å². The smallest absolute Gasteiger partial charge is 0.322 e. The molecule has 1 aromatic rings. The number of nitrogens with one attached hydrogen (secondary N) is 1. The van der Waals surface area contributed by atoms with Crippen LogP contribution in [0.1, 0.15) is 19.0 Å². The van der Waals surface area contributed by atoms with Crippen molar-refractivity contribution in [2.45, 2.75) is 25.8 Å². The third kappa shape index (κ3) is 3.34. The Balaban J connectivity index is 2.34. The highest BCUT2D eigenvalue weighted by atomic mass is 16.5. The lowest BCUT2D eigenvalue weighted by Crippen LogP contribution is -2.38. The number of aryl methyl sites for hydroxylation is 1. The maximum absolute atomic E-state index is 11.3. The zero-order valence-electron chi connectivity index (χ0n) is 10.1. The highest BCUT2D eigenvalue weighted by Gasteiger charge is 2.15. The summed E-state index contributed by atoms with van der Waals surface area (Å²) in [6.45, 7) is 2.70. The molecule has 5 heteroatoms. The third-order valence-electron chi connectivity index (χ3n) is 2.59. The second kappa shape index (κ2) is 6.27. The van der Waals surface area contributed by atoms with E-state index in [0.717, 1.165) is 25.1 Å². The van der Waals surface area contributed by atoms with E-state index in [-0.39, 0.29) is 12.0 Å².